The summed E-state index contributed by atoms with van der Waals surface area (Å²) in [5, 5.41) is 2.26. The first-order chi connectivity index (χ1) is 15.0. The molecule has 158 valence electrons. The van der Waals surface area contributed by atoms with Crippen molar-refractivity contribution in [3.05, 3.63) is 123 Å². The Morgan fingerprint density at radius 3 is 2.35 bits per heavy atom. The number of hydrogen-bond donors (Lipinski definition) is 0. The Morgan fingerprint density at radius 1 is 0.871 bits per heavy atom. The van der Waals surface area contributed by atoms with E-state index in [4.69, 9.17) is 0 Å². The summed E-state index contributed by atoms with van der Waals surface area (Å²) in [5.74, 6) is 0. The van der Waals surface area contributed by atoms with E-state index in [-0.39, 0.29) is 0 Å². The Labute approximate surface area is 188 Å². The summed E-state index contributed by atoms with van der Waals surface area (Å²) in [4.78, 5) is 0. The van der Waals surface area contributed by atoms with Crippen molar-refractivity contribution in [3.8, 4) is 0 Å². The molecule has 0 aromatic heterocycles. The summed E-state index contributed by atoms with van der Waals surface area (Å²) in [6.07, 6.45) is 10.6. The van der Waals surface area contributed by atoms with Gasteiger partial charge in [0.1, 0.15) is 0 Å². The van der Waals surface area contributed by atoms with Crippen LogP contribution < -0.4 is 10.4 Å². The monoisotopic (exact) mass is 406 g/mol. The van der Waals surface area contributed by atoms with E-state index in [2.05, 4.69) is 101 Å². The maximum Gasteiger partial charge on any atom is -0.0190 e. The molecular formula is C31H34. The van der Waals surface area contributed by atoms with Crippen molar-refractivity contribution in [2.75, 3.05) is 0 Å². The van der Waals surface area contributed by atoms with Crippen molar-refractivity contribution in [1.82, 2.24) is 0 Å². The Kier molecular flexibility index (Phi) is 7.84. The van der Waals surface area contributed by atoms with Crippen LogP contribution in [-0.2, 0) is 19.3 Å². The molecule has 0 spiro atoms. The second kappa shape index (κ2) is 10.8. The minimum Gasteiger partial charge on any atom is -0.0985 e. The highest BCUT2D eigenvalue weighted by Gasteiger charge is 2.05. The predicted octanol–water partition coefficient (Wildman–Crippen LogP) is 6.50. The van der Waals surface area contributed by atoms with Gasteiger partial charge in [-0.25, -0.2) is 0 Å². The Bertz CT molecular complexity index is 1190. The fraction of sp³-hybridized carbons (Fsp3) is 0.226. The molecule has 0 saturated heterocycles. The van der Waals surface area contributed by atoms with Gasteiger partial charge in [-0.3, -0.25) is 0 Å². The van der Waals surface area contributed by atoms with Gasteiger partial charge in [0.05, 0.1) is 0 Å². The van der Waals surface area contributed by atoms with Gasteiger partial charge >= 0.3 is 0 Å². The van der Waals surface area contributed by atoms with Crippen LogP contribution in [0, 0.1) is 13.8 Å². The first kappa shape index (κ1) is 22.6. The van der Waals surface area contributed by atoms with Crippen LogP contribution in [0.1, 0.15) is 46.7 Å². The van der Waals surface area contributed by atoms with Crippen LogP contribution in [0.15, 0.2) is 78.9 Å². The molecule has 3 rings (SSSR count). The van der Waals surface area contributed by atoms with Crippen LogP contribution in [0.5, 0.6) is 0 Å². The van der Waals surface area contributed by atoms with Crippen molar-refractivity contribution in [3.63, 3.8) is 0 Å². The van der Waals surface area contributed by atoms with E-state index >= 15 is 0 Å². The molecule has 0 saturated carbocycles. The van der Waals surface area contributed by atoms with Gasteiger partial charge in [-0.15, -0.1) is 0 Å². The zero-order valence-corrected chi connectivity index (χ0v) is 19.2. The molecule has 3 aromatic carbocycles. The summed E-state index contributed by atoms with van der Waals surface area (Å²) < 4.78 is 0. The van der Waals surface area contributed by atoms with Crippen molar-refractivity contribution >= 4 is 18.7 Å². The lowest BCUT2D eigenvalue weighted by atomic mass is 9.93. The highest BCUT2D eigenvalue weighted by Crippen LogP contribution is 2.21. The Hall–Kier alpha value is -3.12. The summed E-state index contributed by atoms with van der Waals surface area (Å²) in [7, 11) is 0. The SMILES string of the molecule is C=Cc1c(C)cc(C)cc1CCc1cccc(CC/C(C)=C/C=c2/ccccc2=C)c1. The zero-order valence-electron chi connectivity index (χ0n) is 19.2. The fourth-order valence-electron chi connectivity index (χ4n) is 4.14. The molecule has 0 fully saturated rings. The van der Waals surface area contributed by atoms with Gasteiger partial charge in [0, 0.05) is 0 Å². The summed E-state index contributed by atoms with van der Waals surface area (Å²) in [5.41, 5.74) is 9.55. The van der Waals surface area contributed by atoms with Crippen LogP contribution in [-0.4, -0.2) is 0 Å². The van der Waals surface area contributed by atoms with Gasteiger partial charge in [0.15, 0.2) is 0 Å². The third-order valence-corrected chi connectivity index (χ3v) is 5.91. The lowest BCUT2D eigenvalue weighted by molar-refractivity contribution is 0.919. The second-order valence-corrected chi connectivity index (χ2v) is 8.56. The third-order valence-electron chi connectivity index (χ3n) is 5.91. The Balaban J connectivity index is 1.64. The third kappa shape index (κ3) is 6.43. The van der Waals surface area contributed by atoms with E-state index in [0.29, 0.717) is 0 Å². The van der Waals surface area contributed by atoms with Gasteiger partial charge in [0.2, 0.25) is 0 Å². The number of allylic oxidation sites excluding steroid dienone is 2. The lowest BCUT2D eigenvalue weighted by Crippen LogP contribution is -2.21. The van der Waals surface area contributed by atoms with E-state index in [1.165, 1.54) is 44.2 Å². The molecule has 0 radical (unpaired) electrons. The smallest absolute Gasteiger partial charge is 0.0190 e. The first-order valence-corrected chi connectivity index (χ1v) is 11.2. The topological polar surface area (TPSA) is 0 Å². The molecule has 0 unspecified atom stereocenters. The van der Waals surface area contributed by atoms with E-state index in [1.54, 1.807) is 0 Å². The normalized spacial score (nSPS) is 12.2. The van der Waals surface area contributed by atoms with Crippen molar-refractivity contribution < 1.29 is 0 Å². The van der Waals surface area contributed by atoms with Gasteiger partial charge in [-0.2, -0.15) is 0 Å². The average molecular weight is 407 g/mol. The van der Waals surface area contributed by atoms with Gasteiger partial charge in [-0.05, 0) is 84.7 Å². The molecule has 0 amide bonds. The highest BCUT2D eigenvalue weighted by molar-refractivity contribution is 5.57. The van der Waals surface area contributed by atoms with E-state index in [0.717, 1.165) is 30.9 Å². The molecule has 0 heteroatoms. The predicted molar refractivity (Wildman–Crippen MR) is 138 cm³/mol. The maximum atomic E-state index is 4.10. The molecule has 0 N–H and O–H groups in total. The zero-order chi connectivity index (χ0) is 22.2. The Morgan fingerprint density at radius 2 is 1.61 bits per heavy atom. The van der Waals surface area contributed by atoms with Gasteiger partial charge in [-0.1, -0.05) is 103 Å². The van der Waals surface area contributed by atoms with E-state index < -0.39 is 0 Å². The van der Waals surface area contributed by atoms with Gasteiger partial charge in [0.25, 0.3) is 0 Å². The minimum atomic E-state index is 1.05. The largest absolute Gasteiger partial charge is 0.0985 e. The first-order valence-electron chi connectivity index (χ1n) is 11.2. The van der Waals surface area contributed by atoms with Gasteiger partial charge < -0.3 is 0 Å². The molecule has 31 heavy (non-hydrogen) atoms. The molecule has 0 aliphatic heterocycles. The number of rotatable bonds is 8. The van der Waals surface area contributed by atoms with Crippen LogP contribution in [0.2, 0.25) is 0 Å². The van der Waals surface area contributed by atoms with Crippen LogP contribution in [0.25, 0.3) is 18.7 Å². The van der Waals surface area contributed by atoms with Crippen molar-refractivity contribution in [2.24, 2.45) is 0 Å². The molecule has 0 bridgehead atoms. The van der Waals surface area contributed by atoms with Crippen molar-refractivity contribution in [1.29, 1.82) is 0 Å². The quantitative estimate of drug-likeness (QED) is 0.400. The maximum absolute atomic E-state index is 4.10. The summed E-state index contributed by atoms with van der Waals surface area (Å²) >= 11 is 0. The molecule has 0 aliphatic rings. The summed E-state index contributed by atoms with van der Waals surface area (Å²) in [6.45, 7) is 14.7. The highest BCUT2D eigenvalue weighted by atomic mass is 14.1. The molecule has 0 nitrogen and oxygen atoms in total. The molecule has 3 aromatic rings. The van der Waals surface area contributed by atoms with E-state index in [1.807, 2.05) is 12.1 Å². The minimum absolute atomic E-state index is 1.05. The standard InChI is InChI=1S/C31H34/c1-6-31-26(5)20-24(3)21-30(31)19-17-28-12-9-11-27(22-28)16-14-23(2)15-18-29-13-8-7-10-25(29)4/h6-13,15,18,20-22H,1,4,14,16-17,19H2,2-3,5H3/b23-15+,29-18-. The fourth-order valence-corrected chi connectivity index (χ4v) is 4.14. The lowest BCUT2D eigenvalue weighted by Gasteiger charge is -2.12. The molecule has 0 atom stereocenters. The molecular weight excluding hydrogens is 372 g/mol. The number of benzene rings is 3. The average Bonchev–Trinajstić information content (AvgIpc) is 2.75. The van der Waals surface area contributed by atoms with Crippen LogP contribution >= 0.6 is 0 Å². The summed E-state index contributed by atoms with van der Waals surface area (Å²) in [6, 6.07) is 21.9. The van der Waals surface area contributed by atoms with Crippen molar-refractivity contribution in [2.45, 2.75) is 46.5 Å². The van der Waals surface area contributed by atoms with Crippen LogP contribution in [0.4, 0.5) is 0 Å². The van der Waals surface area contributed by atoms with E-state index in [9.17, 15) is 0 Å². The second-order valence-electron chi connectivity index (χ2n) is 8.56. The number of hydrogen-bond acceptors (Lipinski definition) is 0. The van der Waals surface area contributed by atoms with Crippen LogP contribution in [0.3, 0.4) is 0 Å². The number of aryl methyl sites for hydroxylation is 5. The molecule has 0 aliphatic carbocycles. The molecule has 0 heterocycles.